The molecule has 2 rings (SSSR count). The SMILES string of the molecule is CC1CCC(N2C(=O)C(C(C)C)NC(=O)C2C)C1. The summed E-state index contributed by atoms with van der Waals surface area (Å²) >= 11 is 0. The second-order valence-corrected chi connectivity index (χ2v) is 6.22. The molecule has 4 atom stereocenters. The molecule has 0 aromatic carbocycles. The minimum absolute atomic E-state index is 0.00662. The number of carbonyl (C=O) groups is 2. The first kappa shape index (κ1) is 13.4. The first-order valence-electron chi connectivity index (χ1n) is 7.04. The smallest absolute Gasteiger partial charge is 0.246 e. The van der Waals surface area contributed by atoms with Gasteiger partial charge in [-0.05, 0) is 38.0 Å². The second-order valence-electron chi connectivity index (χ2n) is 6.22. The summed E-state index contributed by atoms with van der Waals surface area (Å²) in [6.45, 7) is 8.02. The van der Waals surface area contributed by atoms with E-state index in [0.29, 0.717) is 5.92 Å². The lowest BCUT2D eigenvalue weighted by Crippen LogP contribution is -2.65. The molecule has 4 unspecified atom stereocenters. The number of rotatable bonds is 2. The Kier molecular flexibility index (Phi) is 3.64. The van der Waals surface area contributed by atoms with Crippen molar-refractivity contribution in [2.24, 2.45) is 11.8 Å². The molecular formula is C14H24N2O2. The van der Waals surface area contributed by atoms with Gasteiger partial charge in [0.1, 0.15) is 12.1 Å². The van der Waals surface area contributed by atoms with Crippen molar-refractivity contribution in [2.75, 3.05) is 0 Å². The average molecular weight is 252 g/mol. The van der Waals surface area contributed by atoms with Gasteiger partial charge in [0.25, 0.3) is 0 Å². The lowest BCUT2D eigenvalue weighted by molar-refractivity contribution is -0.152. The number of hydrogen-bond acceptors (Lipinski definition) is 2. The Labute approximate surface area is 109 Å². The third kappa shape index (κ3) is 2.25. The summed E-state index contributed by atoms with van der Waals surface area (Å²) in [5.74, 6) is 0.914. The summed E-state index contributed by atoms with van der Waals surface area (Å²) in [4.78, 5) is 26.4. The molecule has 18 heavy (non-hydrogen) atoms. The number of nitrogens with one attached hydrogen (secondary N) is 1. The molecule has 102 valence electrons. The fraction of sp³-hybridized carbons (Fsp3) is 0.857. The Morgan fingerprint density at radius 1 is 1.22 bits per heavy atom. The highest BCUT2D eigenvalue weighted by Gasteiger charge is 2.43. The summed E-state index contributed by atoms with van der Waals surface area (Å²) in [6.07, 6.45) is 3.23. The first-order chi connectivity index (χ1) is 8.41. The average Bonchev–Trinajstić information content (AvgIpc) is 2.70. The molecule has 0 spiro atoms. The highest BCUT2D eigenvalue weighted by Crippen LogP contribution is 2.32. The Morgan fingerprint density at radius 3 is 2.39 bits per heavy atom. The number of hydrogen-bond donors (Lipinski definition) is 1. The molecule has 1 heterocycles. The van der Waals surface area contributed by atoms with E-state index in [2.05, 4.69) is 12.2 Å². The van der Waals surface area contributed by atoms with Crippen molar-refractivity contribution in [3.63, 3.8) is 0 Å². The molecule has 1 saturated heterocycles. The Hall–Kier alpha value is -1.06. The van der Waals surface area contributed by atoms with Crippen LogP contribution in [0, 0.1) is 11.8 Å². The molecule has 2 aliphatic rings. The topological polar surface area (TPSA) is 49.4 Å². The molecule has 4 nitrogen and oxygen atoms in total. The third-order valence-corrected chi connectivity index (χ3v) is 4.34. The number of carbonyl (C=O) groups excluding carboxylic acids is 2. The first-order valence-corrected chi connectivity index (χ1v) is 7.04. The van der Waals surface area contributed by atoms with Crippen LogP contribution in [0.15, 0.2) is 0 Å². The van der Waals surface area contributed by atoms with Gasteiger partial charge in [0.2, 0.25) is 11.8 Å². The van der Waals surface area contributed by atoms with Crippen molar-refractivity contribution in [1.82, 2.24) is 10.2 Å². The van der Waals surface area contributed by atoms with E-state index in [-0.39, 0.29) is 35.9 Å². The van der Waals surface area contributed by atoms with Crippen molar-refractivity contribution in [3.8, 4) is 0 Å². The van der Waals surface area contributed by atoms with E-state index in [1.807, 2.05) is 25.7 Å². The van der Waals surface area contributed by atoms with Crippen molar-refractivity contribution >= 4 is 11.8 Å². The molecule has 4 heteroatoms. The van der Waals surface area contributed by atoms with Crippen LogP contribution >= 0.6 is 0 Å². The van der Waals surface area contributed by atoms with Gasteiger partial charge in [0.15, 0.2) is 0 Å². The van der Waals surface area contributed by atoms with Crippen LogP contribution < -0.4 is 5.32 Å². The van der Waals surface area contributed by atoms with E-state index < -0.39 is 0 Å². The van der Waals surface area contributed by atoms with E-state index in [4.69, 9.17) is 0 Å². The molecule has 2 amide bonds. The van der Waals surface area contributed by atoms with Crippen LogP contribution in [-0.2, 0) is 9.59 Å². The minimum Gasteiger partial charge on any atom is -0.342 e. The van der Waals surface area contributed by atoms with Crippen LogP contribution in [0.2, 0.25) is 0 Å². The number of piperazine rings is 1. The lowest BCUT2D eigenvalue weighted by Gasteiger charge is -2.42. The van der Waals surface area contributed by atoms with E-state index in [0.717, 1.165) is 19.3 Å². The maximum atomic E-state index is 12.5. The van der Waals surface area contributed by atoms with Gasteiger partial charge in [-0.15, -0.1) is 0 Å². The number of amides is 2. The van der Waals surface area contributed by atoms with Crippen molar-refractivity contribution < 1.29 is 9.59 Å². The van der Waals surface area contributed by atoms with E-state index >= 15 is 0 Å². The molecule has 1 N–H and O–H groups in total. The van der Waals surface area contributed by atoms with Crippen molar-refractivity contribution in [3.05, 3.63) is 0 Å². The maximum Gasteiger partial charge on any atom is 0.246 e. The summed E-state index contributed by atoms with van der Waals surface area (Å²) in [7, 11) is 0. The van der Waals surface area contributed by atoms with Crippen LogP contribution in [0.1, 0.15) is 47.0 Å². The predicted molar refractivity (Wildman–Crippen MR) is 69.9 cm³/mol. The van der Waals surface area contributed by atoms with Gasteiger partial charge in [-0.1, -0.05) is 20.8 Å². The van der Waals surface area contributed by atoms with Crippen molar-refractivity contribution in [1.29, 1.82) is 0 Å². The Morgan fingerprint density at radius 2 is 1.89 bits per heavy atom. The van der Waals surface area contributed by atoms with Crippen molar-refractivity contribution in [2.45, 2.75) is 65.1 Å². The summed E-state index contributed by atoms with van der Waals surface area (Å²) in [6, 6.07) is -0.401. The third-order valence-electron chi connectivity index (χ3n) is 4.34. The molecule has 2 fully saturated rings. The Balaban J connectivity index is 2.20. The normalized spacial score (nSPS) is 37.3. The second kappa shape index (κ2) is 4.90. The highest BCUT2D eigenvalue weighted by molar-refractivity contribution is 5.97. The summed E-state index contributed by atoms with van der Waals surface area (Å²) in [5, 5.41) is 2.85. The van der Waals surface area contributed by atoms with Crippen LogP contribution in [0.4, 0.5) is 0 Å². The zero-order valence-electron chi connectivity index (χ0n) is 11.8. The zero-order valence-corrected chi connectivity index (χ0v) is 11.8. The van der Waals surface area contributed by atoms with Crippen LogP contribution in [0.5, 0.6) is 0 Å². The van der Waals surface area contributed by atoms with E-state index in [1.54, 1.807) is 0 Å². The van der Waals surface area contributed by atoms with Crippen LogP contribution in [0.25, 0.3) is 0 Å². The van der Waals surface area contributed by atoms with Gasteiger partial charge >= 0.3 is 0 Å². The molecule has 1 aliphatic heterocycles. The summed E-state index contributed by atoms with van der Waals surface area (Å²) in [5.41, 5.74) is 0. The highest BCUT2D eigenvalue weighted by atomic mass is 16.2. The van der Waals surface area contributed by atoms with Crippen LogP contribution in [0.3, 0.4) is 0 Å². The minimum atomic E-state index is -0.343. The quantitative estimate of drug-likeness (QED) is 0.810. The van der Waals surface area contributed by atoms with Gasteiger partial charge < -0.3 is 10.2 Å². The van der Waals surface area contributed by atoms with E-state index in [1.165, 1.54) is 0 Å². The van der Waals surface area contributed by atoms with Gasteiger partial charge in [-0.25, -0.2) is 0 Å². The van der Waals surface area contributed by atoms with E-state index in [9.17, 15) is 9.59 Å². The summed E-state index contributed by atoms with van der Waals surface area (Å²) < 4.78 is 0. The Bertz CT molecular complexity index is 354. The zero-order chi connectivity index (χ0) is 13.4. The maximum absolute atomic E-state index is 12.5. The fourth-order valence-corrected chi connectivity index (χ4v) is 3.19. The van der Waals surface area contributed by atoms with Gasteiger partial charge in [0, 0.05) is 6.04 Å². The standard InChI is InChI=1S/C14H24N2O2/c1-8(2)12-14(18)16(10(4)13(17)15-12)11-6-5-9(3)7-11/h8-12H,5-7H2,1-4H3,(H,15,17). The predicted octanol–water partition coefficient (Wildman–Crippen LogP) is 1.55. The van der Waals surface area contributed by atoms with Gasteiger partial charge in [0.05, 0.1) is 0 Å². The van der Waals surface area contributed by atoms with Crippen LogP contribution in [-0.4, -0.2) is 34.8 Å². The molecule has 1 aliphatic carbocycles. The monoisotopic (exact) mass is 252 g/mol. The molecule has 0 radical (unpaired) electrons. The molecular weight excluding hydrogens is 228 g/mol. The van der Waals surface area contributed by atoms with Gasteiger partial charge in [-0.2, -0.15) is 0 Å². The largest absolute Gasteiger partial charge is 0.342 e. The molecule has 0 aromatic rings. The molecule has 0 bridgehead atoms. The fourth-order valence-electron chi connectivity index (χ4n) is 3.19. The van der Waals surface area contributed by atoms with Gasteiger partial charge in [-0.3, -0.25) is 9.59 Å². The lowest BCUT2D eigenvalue weighted by atomic mass is 9.96. The molecule has 0 aromatic heterocycles. The number of nitrogens with zero attached hydrogens (tertiary/aromatic N) is 1. The molecule has 1 saturated carbocycles.